The quantitative estimate of drug-likeness (QED) is 0.728. The average Bonchev–Trinajstić information content (AvgIpc) is 2.20. The molecule has 90 valence electrons. The summed E-state index contributed by atoms with van der Waals surface area (Å²) in [7, 11) is 0. The molecule has 0 atom stereocenters. The Bertz CT molecular complexity index is 149. The van der Waals surface area contributed by atoms with Crippen LogP contribution in [0.4, 0.5) is 0 Å². The van der Waals surface area contributed by atoms with Crippen LogP contribution >= 0.6 is 0 Å². The van der Waals surface area contributed by atoms with Crippen molar-refractivity contribution in [1.82, 2.24) is 10.2 Å². The van der Waals surface area contributed by atoms with Crippen molar-refractivity contribution in [3.63, 3.8) is 0 Å². The van der Waals surface area contributed by atoms with Crippen LogP contribution in [-0.2, 0) is 0 Å². The van der Waals surface area contributed by atoms with E-state index in [1.807, 2.05) is 0 Å². The smallest absolute Gasteiger partial charge is 0.00103 e. The van der Waals surface area contributed by atoms with Crippen molar-refractivity contribution in [2.75, 3.05) is 26.2 Å². The van der Waals surface area contributed by atoms with Gasteiger partial charge in [0.15, 0.2) is 0 Å². The van der Waals surface area contributed by atoms with E-state index in [2.05, 4.69) is 31.0 Å². The van der Waals surface area contributed by atoms with Crippen LogP contribution in [0.5, 0.6) is 0 Å². The van der Waals surface area contributed by atoms with E-state index in [-0.39, 0.29) is 0 Å². The van der Waals surface area contributed by atoms with Gasteiger partial charge in [-0.25, -0.2) is 0 Å². The van der Waals surface area contributed by atoms with Crippen LogP contribution in [0.1, 0.15) is 46.5 Å². The predicted molar refractivity (Wildman–Crippen MR) is 67.2 cm³/mol. The molecule has 0 amide bonds. The van der Waals surface area contributed by atoms with E-state index in [1.54, 1.807) is 0 Å². The zero-order valence-corrected chi connectivity index (χ0v) is 10.8. The lowest BCUT2D eigenvalue weighted by atomic mass is 9.93. The fraction of sp³-hybridized carbons (Fsp3) is 1.00. The summed E-state index contributed by atoms with van der Waals surface area (Å²) in [6.45, 7) is 11.9. The second-order valence-electron chi connectivity index (χ2n) is 5.18. The Morgan fingerprint density at radius 3 is 2.47 bits per heavy atom. The largest absolute Gasteiger partial charge is 0.315 e. The van der Waals surface area contributed by atoms with Gasteiger partial charge in [0, 0.05) is 6.04 Å². The van der Waals surface area contributed by atoms with Crippen molar-refractivity contribution in [3.8, 4) is 0 Å². The molecule has 0 aromatic rings. The molecule has 1 aliphatic heterocycles. The molecule has 2 nitrogen and oxygen atoms in total. The molecule has 1 fully saturated rings. The van der Waals surface area contributed by atoms with Gasteiger partial charge < -0.3 is 10.2 Å². The maximum absolute atomic E-state index is 3.52. The zero-order valence-electron chi connectivity index (χ0n) is 10.8. The standard InChI is InChI=1S/C13H28N2/c1-4-9-15-10-6-13(7-11-15)5-8-14-12(2)3/h12-14H,4-11H2,1-3H3. The first-order valence-electron chi connectivity index (χ1n) is 6.68. The second kappa shape index (κ2) is 7.24. The van der Waals surface area contributed by atoms with Gasteiger partial charge in [-0.15, -0.1) is 0 Å². The summed E-state index contributed by atoms with van der Waals surface area (Å²) in [5.41, 5.74) is 0. The monoisotopic (exact) mass is 212 g/mol. The highest BCUT2D eigenvalue weighted by Gasteiger charge is 2.17. The van der Waals surface area contributed by atoms with Crippen LogP contribution in [-0.4, -0.2) is 37.1 Å². The van der Waals surface area contributed by atoms with Gasteiger partial charge in [0.2, 0.25) is 0 Å². The molecule has 1 aliphatic rings. The van der Waals surface area contributed by atoms with Crippen molar-refractivity contribution >= 4 is 0 Å². The molecule has 1 saturated heterocycles. The van der Waals surface area contributed by atoms with Gasteiger partial charge in [-0.05, 0) is 57.8 Å². The third-order valence-corrected chi connectivity index (χ3v) is 3.35. The first kappa shape index (κ1) is 13.0. The normalized spacial score (nSPS) is 20.0. The molecule has 1 N–H and O–H groups in total. The number of likely N-dealkylation sites (tertiary alicyclic amines) is 1. The first-order valence-corrected chi connectivity index (χ1v) is 6.68. The van der Waals surface area contributed by atoms with Crippen molar-refractivity contribution in [2.45, 2.75) is 52.5 Å². The number of rotatable bonds is 6. The lowest BCUT2D eigenvalue weighted by molar-refractivity contribution is 0.178. The summed E-state index contributed by atoms with van der Waals surface area (Å²) >= 11 is 0. The van der Waals surface area contributed by atoms with Gasteiger partial charge in [0.25, 0.3) is 0 Å². The maximum Gasteiger partial charge on any atom is 0.00103 e. The van der Waals surface area contributed by atoms with E-state index < -0.39 is 0 Å². The van der Waals surface area contributed by atoms with Crippen LogP contribution in [0.2, 0.25) is 0 Å². The predicted octanol–water partition coefficient (Wildman–Crippen LogP) is 2.50. The third kappa shape index (κ3) is 5.53. The molecular weight excluding hydrogens is 184 g/mol. The van der Waals surface area contributed by atoms with Crippen molar-refractivity contribution in [2.24, 2.45) is 5.92 Å². The molecule has 0 aliphatic carbocycles. The zero-order chi connectivity index (χ0) is 11.1. The van der Waals surface area contributed by atoms with Gasteiger partial charge in [-0.3, -0.25) is 0 Å². The topological polar surface area (TPSA) is 15.3 Å². The Morgan fingerprint density at radius 1 is 1.27 bits per heavy atom. The summed E-state index contributed by atoms with van der Waals surface area (Å²) < 4.78 is 0. The third-order valence-electron chi connectivity index (χ3n) is 3.35. The number of hydrogen-bond donors (Lipinski definition) is 1. The SMILES string of the molecule is CCCN1CCC(CCNC(C)C)CC1. The van der Waals surface area contributed by atoms with Gasteiger partial charge in [0.1, 0.15) is 0 Å². The van der Waals surface area contributed by atoms with E-state index in [4.69, 9.17) is 0 Å². The van der Waals surface area contributed by atoms with Crippen molar-refractivity contribution in [3.05, 3.63) is 0 Å². The lowest BCUT2D eigenvalue weighted by Crippen LogP contribution is -2.35. The van der Waals surface area contributed by atoms with Gasteiger partial charge in [0.05, 0.1) is 0 Å². The summed E-state index contributed by atoms with van der Waals surface area (Å²) in [6, 6.07) is 0.644. The van der Waals surface area contributed by atoms with Gasteiger partial charge in [-0.2, -0.15) is 0 Å². The number of hydrogen-bond acceptors (Lipinski definition) is 2. The Morgan fingerprint density at radius 2 is 1.93 bits per heavy atom. The molecule has 0 saturated carbocycles. The first-order chi connectivity index (χ1) is 7.22. The number of nitrogens with one attached hydrogen (secondary N) is 1. The Kier molecular flexibility index (Phi) is 6.26. The number of nitrogens with zero attached hydrogens (tertiary/aromatic N) is 1. The highest BCUT2D eigenvalue weighted by atomic mass is 15.1. The summed E-state index contributed by atoms with van der Waals surface area (Å²) in [5, 5.41) is 3.52. The molecule has 0 unspecified atom stereocenters. The molecule has 0 radical (unpaired) electrons. The molecule has 15 heavy (non-hydrogen) atoms. The maximum atomic E-state index is 3.52. The fourth-order valence-electron chi connectivity index (χ4n) is 2.39. The van der Waals surface area contributed by atoms with Crippen LogP contribution in [0, 0.1) is 5.92 Å². The Labute approximate surface area is 95.4 Å². The van der Waals surface area contributed by atoms with Crippen LogP contribution in [0.3, 0.4) is 0 Å². The van der Waals surface area contributed by atoms with Gasteiger partial charge >= 0.3 is 0 Å². The van der Waals surface area contributed by atoms with Crippen LogP contribution < -0.4 is 5.32 Å². The Balaban J connectivity index is 2.04. The molecule has 1 heterocycles. The summed E-state index contributed by atoms with van der Waals surface area (Å²) in [5.74, 6) is 0.976. The minimum atomic E-state index is 0.644. The van der Waals surface area contributed by atoms with Crippen LogP contribution in [0.15, 0.2) is 0 Å². The molecule has 1 rings (SSSR count). The molecule has 0 aromatic carbocycles. The minimum Gasteiger partial charge on any atom is -0.315 e. The molecular formula is C13H28N2. The van der Waals surface area contributed by atoms with E-state index in [0.717, 1.165) is 5.92 Å². The Hall–Kier alpha value is -0.0800. The minimum absolute atomic E-state index is 0.644. The van der Waals surface area contributed by atoms with Crippen molar-refractivity contribution < 1.29 is 0 Å². The lowest BCUT2D eigenvalue weighted by Gasteiger charge is -2.31. The van der Waals surface area contributed by atoms with E-state index in [9.17, 15) is 0 Å². The summed E-state index contributed by atoms with van der Waals surface area (Å²) in [4.78, 5) is 2.62. The molecule has 0 bridgehead atoms. The summed E-state index contributed by atoms with van der Waals surface area (Å²) in [6.07, 6.45) is 5.51. The fourth-order valence-corrected chi connectivity index (χ4v) is 2.39. The van der Waals surface area contributed by atoms with Gasteiger partial charge in [-0.1, -0.05) is 20.8 Å². The molecule has 0 spiro atoms. The second-order valence-corrected chi connectivity index (χ2v) is 5.18. The molecule has 0 aromatic heterocycles. The van der Waals surface area contributed by atoms with E-state index in [1.165, 1.54) is 51.9 Å². The van der Waals surface area contributed by atoms with Crippen molar-refractivity contribution in [1.29, 1.82) is 0 Å². The van der Waals surface area contributed by atoms with E-state index in [0.29, 0.717) is 6.04 Å². The highest BCUT2D eigenvalue weighted by Crippen LogP contribution is 2.19. The highest BCUT2D eigenvalue weighted by molar-refractivity contribution is 4.72. The molecule has 2 heteroatoms. The van der Waals surface area contributed by atoms with Crippen LogP contribution in [0.25, 0.3) is 0 Å². The average molecular weight is 212 g/mol. The number of piperidine rings is 1. The van der Waals surface area contributed by atoms with E-state index >= 15 is 0 Å².